The molecule has 2 nitrogen and oxygen atoms in total. The Hall–Kier alpha value is -1.09. The lowest BCUT2D eigenvalue weighted by Crippen LogP contribution is -2.01. The van der Waals surface area contributed by atoms with Gasteiger partial charge in [0.05, 0.1) is 4.83 Å². The third-order valence-corrected chi connectivity index (χ3v) is 3.66. The number of aromatic nitrogens is 1. The molecule has 1 unspecified atom stereocenters. The molecule has 0 amide bonds. The third-order valence-electron chi connectivity index (χ3n) is 2.55. The van der Waals surface area contributed by atoms with Gasteiger partial charge in [0, 0.05) is 22.2 Å². The smallest absolute Gasteiger partial charge is 0.147 e. The molecule has 0 saturated carbocycles. The molecule has 0 aliphatic rings. The van der Waals surface area contributed by atoms with Crippen LogP contribution in [0.2, 0.25) is 0 Å². The van der Waals surface area contributed by atoms with Crippen molar-refractivity contribution in [1.29, 1.82) is 0 Å². The topological polar surface area (TPSA) is 32.9 Å². The molecule has 0 spiro atoms. The lowest BCUT2D eigenvalue weighted by atomic mass is 10.1. The number of carbonyl (C=O) groups is 1. The highest BCUT2D eigenvalue weighted by atomic mass is 79.9. The maximum atomic E-state index is 11.4. The molecule has 0 aliphatic heterocycles. The lowest BCUT2D eigenvalue weighted by Gasteiger charge is -2.05. The fourth-order valence-corrected chi connectivity index (χ4v) is 2.42. The predicted octanol–water partition coefficient (Wildman–Crippen LogP) is 3.50. The van der Waals surface area contributed by atoms with Gasteiger partial charge in [0.15, 0.2) is 0 Å². The van der Waals surface area contributed by atoms with Crippen molar-refractivity contribution < 1.29 is 4.79 Å². The van der Waals surface area contributed by atoms with Gasteiger partial charge in [-0.15, -0.1) is 0 Å². The lowest BCUT2D eigenvalue weighted by molar-refractivity contribution is -0.116. The van der Waals surface area contributed by atoms with Gasteiger partial charge in [-0.3, -0.25) is 4.79 Å². The minimum atomic E-state index is -0.214. The first-order valence-electron chi connectivity index (χ1n) is 4.83. The summed E-state index contributed by atoms with van der Waals surface area (Å²) in [6, 6.07) is 8.02. The summed E-state index contributed by atoms with van der Waals surface area (Å²) < 4.78 is 0. The number of alkyl halides is 1. The Labute approximate surface area is 96.8 Å². The Kier molecular flexibility index (Phi) is 2.65. The standard InChI is InChI=1S/C12H12BrNO/c1-7-11(12(13)8(2)15)9-5-3-4-6-10(9)14-7/h3-6,12,14H,1-2H3. The monoisotopic (exact) mass is 265 g/mol. The summed E-state index contributed by atoms with van der Waals surface area (Å²) in [5, 5.41) is 1.12. The third kappa shape index (κ3) is 1.72. The Morgan fingerprint density at radius 3 is 2.73 bits per heavy atom. The summed E-state index contributed by atoms with van der Waals surface area (Å²) in [7, 11) is 0. The number of rotatable bonds is 2. The van der Waals surface area contributed by atoms with Crippen LogP contribution in [0.25, 0.3) is 10.9 Å². The highest BCUT2D eigenvalue weighted by Crippen LogP contribution is 2.33. The average molecular weight is 266 g/mol. The summed E-state index contributed by atoms with van der Waals surface area (Å²) in [5.41, 5.74) is 3.18. The number of carbonyl (C=O) groups excluding carboxylic acids is 1. The van der Waals surface area contributed by atoms with Crippen molar-refractivity contribution in [1.82, 2.24) is 4.98 Å². The molecule has 1 heterocycles. The van der Waals surface area contributed by atoms with E-state index in [2.05, 4.69) is 20.9 Å². The summed E-state index contributed by atoms with van der Waals surface area (Å²) in [6.07, 6.45) is 0. The second kappa shape index (κ2) is 3.81. The van der Waals surface area contributed by atoms with Crippen LogP contribution in [-0.2, 0) is 4.79 Å². The quantitative estimate of drug-likeness (QED) is 0.829. The zero-order valence-electron chi connectivity index (χ0n) is 8.67. The van der Waals surface area contributed by atoms with Crippen LogP contribution in [0.4, 0.5) is 0 Å². The van der Waals surface area contributed by atoms with Gasteiger partial charge in [0.1, 0.15) is 5.78 Å². The predicted molar refractivity (Wildman–Crippen MR) is 65.4 cm³/mol. The molecule has 0 aliphatic carbocycles. The largest absolute Gasteiger partial charge is 0.358 e. The van der Waals surface area contributed by atoms with Crippen molar-refractivity contribution in [2.75, 3.05) is 0 Å². The van der Waals surface area contributed by atoms with Gasteiger partial charge in [-0.25, -0.2) is 0 Å². The van der Waals surface area contributed by atoms with Crippen molar-refractivity contribution in [3.05, 3.63) is 35.5 Å². The van der Waals surface area contributed by atoms with E-state index in [-0.39, 0.29) is 10.6 Å². The number of hydrogen-bond acceptors (Lipinski definition) is 1. The number of aromatic amines is 1. The van der Waals surface area contributed by atoms with Crippen LogP contribution in [0, 0.1) is 6.92 Å². The normalized spacial score (nSPS) is 13.0. The number of para-hydroxylation sites is 1. The number of benzene rings is 1. The molecule has 1 aromatic heterocycles. The zero-order valence-corrected chi connectivity index (χ0v) is 10.3. The summed E-state index contributed by atoms with van der Waals surface area (Å²) in [4.78, 5) is 14.4. The molecule has 0 radical (unpaired) electrons. The number of nitrogens with one attached hydrogen (secondary N) is 1. The van der Waals surface area contributed by atoms with Gasteiger partial charge in [0.2, 0.25) is 0 Å². The Balaban J connectivity index is 2.68. The average Bonchev–Trinajstić information content (AvgIpc) is 2.52. The van der Waals surface area contributed by atoms with Crippen molar-refractivity contribution in [2.45, 2.75) is 18.7 Å². The van der Waals surface area contributed by atoms with Crippen molar-refractivity contribution in [3.8, 4) is 0 Å². The van der Waals surface area contributed by atoms with Gasteiger partial charge >= 0.3 is 0 Å². The molecular weight excluding hydrogens is 254 g/mol. The number of halogens is 1. The van der Waals surface area contributed by atoms with Crippen LogP contribution < -0.4 is 0 Å². The minimum Gasteiger partial charge on any atom is -0.358 e. The highest BCUT2D eigenvalue weighted by Gasteiger charge is 2.19. The van der Waals surface area contributed by atoms with Crippen LogP contribution >= 0.6 is 15.9 Å². The van der Waals surface area contributed by atoms with E-state index in [9.17, 15) is 4.79 Å². The number of fused-ring (bicyclic) bond motifs is 1. The molecule has 2 rings (SSSR count). The molecule has 0 fully saturated rings. The fourth-order valence-electron chi connectivity index (χ4n) is 1.83. The van der Waals surface area contributed by atoms with E-state index in [4.69, 9.17) is 0 Å². The van der Waals surface area contributed by atoms with Gasteiger partial charge in [-0.2, -0.15) is 0 Å². The maximum absolute atomic E-state index is 11.4. The van der Waals surface area contributed by atoms with E-state index in [1.54, 1.807) is 6.92 Å². The first-order chi connectivity index (χ1) is 7.11. The summed E-state index contributed by atoms with van der Waals surface area (Å²) in [5.74, 6) is 0.128. The SMILES string of the molecule is CC(=O)C(Br)c1c(C)[nH]c2ccccc12. The van der Waals surface area contributed by atoms with Gasteiger partial charge in [-0.05, 0) is 19.9 Å². The van der Waals surface area contributed by atoms with E-state index in [1.807, 2.05) is 31.2 Å². The van der Waals surface area contributed by atoms with E-state index >= 15 is 0 Å². The van der Waals surface area contributed by atoms with Crippen molar-refractivity contribution in [3.63, 3.8) is 0 Å². The number of aryl methyl sites for hydroxylation is 1. The van der Waals surface area contributed by atoms with E-state index in [1.165, 1.54) is 0 Å². The number of hydrogen-bond donors (Lipinski definition) is 1. The first-order valence-corrected chi connectivity index (χ1v) is 5.74. The van der Waals surface area contributed by atoms with Gasteiger partial charge in [0.25, 0.3) is 0 Å². The first kappa shape index (κ1) is 10.4. The second-order valence-corrected chi connectivity index (χ2v) is 4.60. The van der Waals surface area contributed by atoms with Gasteiger partial charge in [-0.1, -0.05) is 34.1 Å². The van der Waals surface area contributed by atoms with Crippen LogP contribution in [0.15, 0.2) is 24.3 Å². The molecule has 0 saturated heterocycles. The molecule has 1 N–H and O–H groups in total. The maximum Gasteiger partial charge on any atom is 0.147 e. The molecule has 1 aromatic carbocycles. The van der Waals surface area contributed by atoms with Crippen LogP contribution in [-0.4, -0.2) is 10.8 Å². The van der Waals surface area contributed by atoms with Gasteiger partial charge < -0.3 is 4.98 Å². The summed E-state index contributed by atoms with van der Waals surface area (Å²) >= 11 is 3.43. The second-order valence-electron chi connectivity index (χ2n) is 3.68. The molecule has 2 aromatic rings. The molecule has 0 bridgehead atoms. The van der Waals surface area contributed by atoms with E-state index < -0.39 is 0 Å². The molecule has 1 atom stereocenters. The Morgan fingerprint density at radius 2 is 2.07 bits per heavy atom. The fraction of sp³-hybridized carbons (Fsp3) is 0.250. The van der Waals surface area contributed by atoms with E-state index in [0.29, 0.717) is 0 Å². The van der Waals surface area contributed by atoms with Crippen molar-refractivity contribution >= 4 is 32.6 Å². The van der Waals surface area contributed by atoms with Crippen molar-refractivity contribution in [2.24, 2.45) is 0 Å². The minimum absolute atomic E-state index is 0.128. The molecule has 78 valence electrons. The molecule has 15 heavy (non-hydrogen) atoms. The molecular formula is C12H12BrNO. The zero-order chi connectivity index (χ0) is 11.0. The van der Waals surface area contributed by atoms with Crippen LogP contribution in [0.1, 0.15) is 23.0 Å². The highest BCUT2D eigenvalue weighted by molar-refractivity contribution is 9.09. The summed E-state index contributed by atoms with van der Waals surface area (Å²) in [6.45, 7) is 3.59. The Bertz CT molecular complexity index is 515. The number of ketones is 1. The van der Waals surface area contributed by atoms with E-state index in [0.717, 1.165) is 22.2 Å². The Morgan fingerprint density at radius 1 is 1.40 bits per heavy atom. The number of H-pyrrole nitrogens is 1. The molecule has 3 heteroatoms. The van der Waals surface area contributed by atoms with Crippen LogP contribution in [0.5, 0.6) is 0 Å². The number of Topliss-reactive ketones (excluding diaryl/α,β-unsaturated/α-hetero) is 1. The van der Waals surface area contributed by atoms with Crippen LogP contribution in [0.3, 0.4) is 0 Å².